The Bertz CT molecular complexity index is 737. The number of aryl methyl sites for hydroxylation is 1. The molecule has 0 N–H and O–H groups in total. The van der Waals surface area contributed by atoms with Crippen molar-refractivity contribution in [3.63, 3.8) is 0 Å². The lowest BCUT2D eigenvalue weighted by molar-refractivity contribution is -0.149. The molecule has 0 bridgehead atoms. The molecular weight excluding hydrogens is 352 g/mol. The van der Waals surface area contributed by atoms with Gasteiger partial charge in [-0.1, -0.05) is 17.7 Å². The van der Waals surface area contributed by atoms with E-state index >= 15 is 0 Å². The summed E-state index contributed by atoms with van der Waals surface area (Å²) in [6, 6.07) is 6.93. The maximum absolute atomic E-state index is 13.1. The number of amides is 1. The first-order chi connectivity index (χ1) is 12.3. The number of carbonyl (C=O) groups is 1. The van der Waals surface area contributed by atoms with Crippen LogP contribution in [0.1, 0.15) is 32.3 Å². The van der Waals surface area contributed by atoms with E-state index in [1.165, 1.54) is 4.31 Å². The van der Waals surface area contributed by atoms with E-state index in [-0.39, 0.29) is 30.5 Å². The number of nitrogens with zero attached hydrogens (tertiary/aromatic N) is 2. The smallest absolute Gasteiger partial charge is 0.243 e. The molecule has 0 aliphatic carbocycles. The second-order valence-corrected chi connectivity index (χ2v) is 9.43. The van der Waals surface area contributed by atoms with Crippen LogP contribution in [0.25, 0.3) is 0 Å². The lowest BCUT2D eigenvalue weighted by atomic mass is 9.96. The molecule has 2 aliphatic heterocycles. The molecule has 2 saturated heterocycles. The van der Waals surface area contributed by atoms with E-state index in [1.54, 1.807) is 24.3 Å². The van der Waals surface area contributed by atoms with Gasteiger partial charge in [-0.3, -0.25) is 4.79 Å². The van der Waals surface area contributed by atoms with E-state index in [0.717, 1.165) is 12.0 Å². The first-order valence-corrected chi connectivity index (χ1v) is 10.7. The molecule has 1 aromatic carbocycles. The summed E-state index contributed by atoms with van der Waals surface area (Å²) in [4.78, 5) is 15.3. The molecule has 7 heteroatoms. The summed E-state index contributed by atoms with van der Waals surface area (Å²) in [5.74, 6) is -0.232. The van der Waals surface area contributed by atoms with Crippen LogP contribution in [0.3, 0.4) is 0 Å². The molecule has 1 amide bonds. The van der Waals surface area contributed by atoms with E-state index in [0.29, 0.717) is 31.1 Å². The van der Waals surface area contributed by atoms with Gasteiger partial charge in [-0.25, -0.2) is 8.42 Å². The van der Waals surface area contributed by atoms with Crippen LogP contribution in [-0.4, -0.2) is 61.9 Å². The van der Waals surface area contributed by atoms with E-state index in [9.17, 15) is 13.2 Å². The number of carbonyl (C=O) groups excluding carboxylic acids is 1. The Kier molecular flexibility index (Phi) is 5.69. The Morgan fingerprint density at radius 2 is 1.73 bits per heavy atom. The van der Waals surface area contributed by atoms with Gasteiger partial charge in [0.1, 0.15) is 0 Å². The Hall–Kier alpha value is -1.44. The normalized spacial score (nSPS) is 28.1. The summed E-state index contributed by atoms with van der Waals surface area (Å²) < 4.78 is 32.9. The Balaban J connectivity index is 1.76. The second kappa shape index (κ2) is 7.66. The highest BCUT2D eigenvalue weighted by atomic mass is 32.2. The molecule has 144 valence electrons. The molecule has 3 rings (SSSR count). The summed E-state index contributed by atoms with van der Waals surface area (Å²) in [5, 5.41) is 0. The molecule has 2 fully saturated rings. The maximum atomic E-state index is 13.1. The third-order valence-corrected chi connectivity index (χ3v) is 7.19. The number of ether oxygens (including phenoxy) is 1. The standard InChI is InChI=1S/C19H28N2O4S/c1-14-6-8-18(9-7-14)26(23,24)20-10-4-5-17(11-20)19(22)21-15(2)12-25-13-16(21)3/h6-9,15-17H,4-5,10-13H2,1-3H3. The van der Waals surface area contributed by atoms with Crippen LogP contribution in [0.2, 0.25) is 0 Å². The maximum Gasteiger partial charge on any atom is 0.243 e. The van der Waals surface area contributed by atoms with Gasteiger partial charge in [0.2, 0.25) is 15.9 Å². The van der Waals surface area contributed by atoms with Gasteiger partial charge >= 0.3 is 0 Å². The first-order valence-electron chi connectivity index (χ1n) is 9.27. The van der Waals surface area contributed by atoms with Gasteiger partial charge in [0.15, 0.2) is 0 Å². The van der Waals surface area contributed by atoms with Gasteiger partial charge in [0.25, 0.3) is 0 Å². The molecule has 1 aromatic rings. The fourth-order valence-electron chi connectivity index (χ4n) is 3.87. The molecule has 2 heterocycles. The number of sulfonamides is 1. The zero-order valence-electron chi connectivity index (χ0n) is 15.7. The van der Waals surface area contributed by atoms with Crippen LogP contribution in [0.15, 0.2) is 29.2 Å². The second-order valence-electron chi connectivity index (χ2n) is 7.50. The number of hydrogen-bond acceptors (Lipinski definition) is 4. The Labute approximate surface area is 156 Å². The van der Waals surface area contributed by atoms with E-state index in [4.69, 9.17) is 4.74 Å². The van der Waals surface area contributed by atoms with Crippen molar-refractivity contribution >= 4 is 15.9 Å². The van der Waals surface area contributed by atoms with Gasteiger partial charge in [-0.05, 0) is 45.7 Å². The predicted octanol–water partition coefficient (Wildman–Crippen LogP) is 2.03. The number of rotatable bonds is 3. The highest BCUT2D eigenvalue weighted by Crippen LogP contribution is 2.27. The van der Waals surface area contributed by atoms with Crippen molar-refractivity contribution in [1.29, 1.82) is 0 Å². The fraction of sp³-hybridized carbons (Fsp3) is 0.632. The summed E-state index contributed by atoms with van der Waals surface area (Å²) in [7, 11) is -3.57. The van der Waals surface area contributed by atoms with Crippen molar-refractivity contribution in [1.82, 2.24) is 9.21 Å². The summed E-state index contributed by atoms with van der Waals surface area (Å²) in [5.41, 5.74) is 1.02. The number of piperidine rings is 1. The number of hydrogen-bond donors (Lipinski definition) is 0. The molecule has 0 spiro atoms. The predicted molar refractivity (Wildman–Crippen MR) is 99.3 cm³/mol. The molecule has 6 nitrogen and oxygen atoms in total. The van der Waals surface area contributed by atoms with Crippen molar-refractivity contribution < 1.29 is 17.9 Å². The summed E-state index contributed by atoms with van der Waals surface area (Å²) in [6.45, 7) is 7.69. The van der Waals surface area contributed by atoms with E-state index in [1.807, 2.05) is 25.7 Å². The third-order valence-electron chi connectivity index (χ3n) is 5.31. The summed E-state index contributed by atoms with van der Waals surface area (Å²) in [6.07, 6.45) is 1.43. The average molecular weight is 381 g/mol. The lowest BCUT2D eigenvalue weighted by Crippen LogP contribution is -2.56. The molecule has 3 atom stereocenters. The lowest BCUT2D eigenvalue weighted by Gasteiger charge is -2.42. The van der Waals surface area contributed by atoms with Crippen molar-refractivity contribution in [2.75, 3.05) is 26.3 Å². The molecule has 0 radical (unpaired) electrons. The summed E-state index contributed by atoms with van der Waals surface area (Å²) >= 11 is 0. The fourth-order valence-corrected chi connectivity index (χ4v) is 5.39. The Morgan fingerprint density at radius 1 is 1.12 bits per heavy atom. The Morgan fingerprint density at radius 3 is 2.35 bits per heavy atom. The van der Waals surface area contributed by atoms with Crippen LogP contribution >= 0.6 is 0 Å². The van der Waals surface area contributed by atoms with Crippen LogP contribution in [-0.2, 0) is 19.6 Å². The molecule has 2 aliphatic rings. The van der Waals surface area contributed by atoms with E-state index in [2.05, 4.69) is 0 Å². The van der Waals surface area contributed by atoms with Crippen molar-refractivity contribution in [2.45, 2.75) is 50.6 Å². The minimum absolute atomic E-state index is 0.0235. The minimum Gasteiger partial charge on any atom is -0.377 e. The van der Waals surface area contributed by atoms with Gasteiger partial charge in [0.05, 0.1) is 36.1 Å². The quantitative estimate of drug-likeness (QED) is 0.805. The monoisotopic (exact) mass is 380 g/mol. The topological polar surface area (TPSA) is 66.9 Å². The van der Waals surface area contributed by atoms with Crippen LogP contribution in [0, 0.1) is 12.8 Å². The minimum atomic E-state index is -3.57. The molecule has 0 aromatic heterocycles. The van der Waals surface area contributed by atoms with Crippen LogP contribution < -0.4 is 0 Å². The van der Waals surface area contributed by atoms with Crippen molar-refractivity contribution in [2.24, 2.45) is 5.92 Å². The first kappa shape index (κ1) is 19.3. The number of morpholine rings is 1. The van der Waals surface area contributed by atoms with Gasteiger partial charge in [0, 0.05) is 13.1 Å². The molecule has 3 unspecified atom stereocenters. The van der Waals surface area contributed by atoms with Gasteiger partial charge < -0.3 is 9.64 Å². The molecule has 26 heavy (non-hydrogen) atoms. The average Bonchev–Trinajstić information content (AvgIpc) is 2.62. The number of benzene rings is 1. The molecule has 0 saturated carbocycles. The van der Waals surface area contributed by atoms with Gasteiger partial charge in [-0.15, -0.1) is 0 Å². The van der Waals surface area contributed by atoms with Crippen molar-refractivity contribution in [3.05, 3.63) is 29.8 Å². The zero-order chi connectivity index (χ0) is 18.9. The highest BCUT2D eigenvalue weighted by Gasteiger charge is 2.38. The van der Waals surface area contributed by atoms with Gasteiger partial charge in [-0.2, -0.15) is 4.31 Å². The zero-order valence-corrected chi connectivity index (χ0v) is 16.5. The van der Waals surface area contributed by atoms with Crippen molar-refractivity contribution in [3.8, 4) is 0 Å². The SMILES string of the molecule is Cc1ccc(S(=O)(=O)N2CCCC(C(=O)N3C(C)COCC3C)C2)cc1. The largest absolute Gasteiger partial charge is 0.377 e. The highest BCUT2D eigenvalue weighted by molar-refractivity contribution is 7.89. The molecular formula is C19H28N2O4S. The van der Waals surface area contributed by atoms with Crippen LogP contribution in [0.5, 0.6) is 0 Å². The van der Waals surface area contributed by atoms with E-state index < -0.39 is 10.0 Å². The van der Waals surface area contributed by atoms with Crippen LogP contribution in [0.4, 0.5) is 0 Å². The third kappa shape index (κ3) is 3.80.